The standard InChI is InChI=1S/C10H11F3N2/c11-10(12,13)6-15-4-3-7-5-8(14)1-2-9(7)15/h1-2,5H,3-4,6,14H2. The SMILES string of the molecule is Nc1ccc2c(c1)CCN2CC(F)(F)F. The molecule has 0 saturated heterocycles. The van der Waals surface area contributed by atoms with Gasteiger partial charge in [-0.2, -0.15) is 13.2 Å². The molecular formula is C10H11F3N2. The molecule has 0 aliphatic carbocycles. The molecule has 15 heavy (non-hydrogen) atoms. The first kappa shape index (κ1) is 10.1. The van der Waals surface area contributed by atoms with Crippen LogP contribution in [0.25, 0.3) is 0 Å². The molecular weight excluding hydrogens is 205 g/mol. The van der Waals surface area contributed by atoms with E-state index in [1.54, 1.807) is 18.2 Å². The Bertz CT molecular complexity index is 373. The van der Waals surface area contributed by atoms with Gasteiger partial charge in [0.25, 0.3) is 0 Å². The zero-order chi connectivity index (χ0) is 11.1. The first-order chi connectivity index (χ1) is 6.96. The number of alkyl halides is 3. The molecule has 1 aliphatic rings. The van der Waals surface area contributed by atoms with Crippen LogP contribution in [0.15, 0.2) is 18.2 Å². The predicted molar refractivity (Wildman–Crippen MR) is 52.8 cm³/mol. The zero-order valence-electron chi connectivity index (χ0n) is 8.01. The van der Waals surface area contributed by atoms with Crippen LogP contribution in [-0.4, -0.2) is 19.3 Å². The maximum Gasteiger partial charge on any atom is 0.405 e. The average molecular weight is 216 g/mol. The summed E-state index contributed by atoms with van der Waals surface area (Å²) in [5.74, 6) is 0. The number of nitrogens with two attached hydrogens (primary N) is 1. The van der Waals surface area contributed by atoms with Crippen molar-refractivity contribution in [1.29, 1.82) is 0 Å². The number of hydrogen-bond acceptors (Lipinski definition) is 2. The second kappa shape index (κ2) is 3.32. The van der Waals surface area contributed by atoms with Crippen LogP contribution in [0.2, 0.25) is 0 Å². The summed E-state index contributed by atoms with van der Waals surface area (Å²) in [5, 5.41) is 0. The van der Waals surface area contributed by atoms with Crippen molar-refractivity contribution < 1.29 is 13.2 Å². The third-order valence-corrected chi connectivity index (χ3v) is 2.47. The Hall–Kier alpha value is -1.39. The van der Waals surface area contributed by atoms with E-state index in [2.05, 4.69) is 0 Å². The summed E-state index contributed by atoms with van der Waals surface area (Å²) < 4.78 is 36.6. The minimum atomic E-state index is -4.15. The van der Waals surface area contributed by atoms with Gasteiger partial charge < -0.3 is 10.6 Å². The lowest BCUT2D eigenvalue weighted by atomic mass is 10.1. The summed E-state index contributed by atoms with van der Waals surface area (Å²) in [6.07, 6.45) is -3.51. The molecule has 2 N–H and O–H groups in total. The predicted octanol–water partition coefficient (Wildman–Crippen LogP) is 2.19. The summed E-state index contributed by atoms with van der Waals surface area (Å²) in [5.41, 5.74) is 7.72. The summed E-state index contributed by atoms with van der Waals surface area (Å²) in [7, 11) is 0. The van der Waals surface area contributed by atoms with Gasteiger partial charge in [-0.15, -0.1) is 0 Å². The molecule has 82 valence electrons. The van der Waals surface area contributed by atoms with E-state index in [0.717, 1.165) is 5.56 Å². The highest BCUT2D eigenvalue weighted by Crippen LogP contribution is 2.31. The average Bonchev–Trinajstić information content (AvgIpc) is 2.45. The van der Waals surface area contributed by atoms with E-state index in [9.17, 15) is 13.2 Å². The van der Waals surface area contributed by atoms with Gasteiger partial charge in [-0.3, -0.25) is 0 Å². The number of anilines is 2. The Morgan fingerprint density at radius 1 is 1.33 bits per heavy atom. The van der Waals surface area contributed by atoms with Crippen molar-refractivity contribution in [2.24, 2.45) is 0 Å². The summed E-state index contributed by atoms with van der Waals surface area (Å²) in [6.45, 7) is -0.470. The van der Waals surface area contributed by atoms with Gasteiger partial charge in [-0.05, 0) is 30.2 Å². The van der Waals surface area contributed by atoms with Crippen LogP contribution in [0.5, 0.6) is 0 Å². The number of halogens is 3. The molecule has 0 fully saturated rings. The second-order valence-electron chi connectivity index (χ2n) is 3.67. The van der Waals surface area contributed by atoms with E-state index in [-0.39, 0.29) is 0 Å². The first-order valence-electron chi connectivity index (χ1n) is 4.66. The Balaban J connectivity index is 2.22. The van der Waals surface area contributed by atoms with Crippen LogP contribution in [0, 0.1) is 0 Å². The van der Waals surface area contributed by atoms with E-state index in [4.69, 9.17) is 5.73 Å². The molecule has 0 aromatic heterocycles. The highest BCUT2D eigenvalue weighted by atomic mass is 19.4. The normalized spacial score (nSPS) is 15.5. The molecule has 2 nitrogen and oxygen atoms in total. The monoisotopic (exact) mass is 216 g/mol. The van der Waals surface area contributed by atoms with Gasteiger partial charge >= 0.3 is 6.18 Å². The lowest BCUT2D eigenvalue weighted by Gasteiger charge is -2.20. The van der Waals surface area contributed by atoms with Crippen LogP contribution in [0.3, 0.4) is 0 Å². The van der Waals surface area contributed by atoms with Crippen LogP contribution in [-0.2, 0) is 6.42 Å². The highest BCUT2D eigenvalue weighted by molar-refractivity contribution is 5.63. The fourth-order valence-electron chi connectivity index (χ4n) is 1.87. The van der Waals surface area contributed by atoms with Crippen LogP contribution < -0.4 is 10.6 Å². The van der Waals surface area contributed by atoms with Crippen LogP contribution in [0.1, 0.15) is 5.56 Å². The van der Waals surface area contributed by atoms with Crippen molar-refractivity contribution in [3.05, 3.63) is 23.8 Å². The fraction of sp³-hybridized carbons (Fsp3) is 0.400. The summed E-state index contributed by atoms with van der Waals surface area (Å²) in [4.78, 5) is 1.34. The Labute approximate surface area is 85.5 Å². The molecule has 0 amide bonds. The molecule has 0 unspecified atom stereocenters. The first-order valence-corrected chi connectivity index (χ1v) is 4.66. The van der Waals surface area contributed by atoms with Crippen molar-refractivity contribution in [2.75, 3.05) is 23.7 Å². The number of hydrogen-bond donors (Lipinski definition) is 1. The molecule has 1 aromatic carbocycles. The number of nitrogen functional groups attached to an aromatic ring is 1. The molecule has 0 atom stereocenters. The lowest BCUT2D eigenvalue weighted by Crippen LogP contribution is -2.32. The second-order valence-corrected chi connectivity index (χ2v) is 3.67. The van der Waals surface area contributed by atoms with Gasteiger partial charge in [0.05, 0.1) is 0 Å². The molecule has 0 radical (unpaired) electrons. The maximum absolute atomic E-state index is 12.2. The maximum atomic E-state index is 12.2. The van der Waals surface area contributed by atoms with Gasteiger partial charge in [0, 0.05) is 17.9 Å². The molecule has 0 bridgehead atoms. The zero-order valence-corrected chi connectivity index (χ0v) is 8.01. The molecule has 5 heteroatoms. The van der Waals surface area contributed by atoms with Crippen molar-refractivity contribution in [3.8, 4) is 0 Å². The molecule has 2 rings (SSSR count). The van der Waals surface area contributed by atoms with E-state index < -0.39 is 12.7 Å². The van der Waals surface area contributed by atoms with Crippen molar-refractivity contribution in [3.63, 3.8) is 0 Å². The number of nitrogens with zero attached hydrogens (tertiary/aromatic N) is 1. The summed E-state index contributed by atoms with van der Waals surface area (Å²) in [6, 6.07) is 5.03. The fourth-order valence-corrected chi connectivity index (χ4v) is 1.87. The van der Waals surface area contributed by atoms with Crippen LogP contribution in [0.4, 0.5) is 24.5 Å². The Kier molecular flexibility index (Phi) is 2.25. The van der Waals surface area contributed by atoms with E-state index in [0.29, 0.717) is 24.3 Å². The molecule has 1 heterocycles. The van der Waals surface area contributed by atoms with Gasteiger partial charge in [0.1, 0.15) is 6.54 Å². The van der Waals surface area contributed by atoms with E-state index in [1.807, 2.05) is 0 Å². The molecule has 1 aromatic rings. The van der Waals surface area contributed by atoms with Gasteiger partial charge in [-0.25, -0.2) is 0 Å². The van der Waals surface area contributed by atoms with Crippen molar-refractivity contribution >= 4 is 11.4 Å². The Morgan fingerprint density at radius 3 is 2.73 bits per heavy atom. The minimum Gasteiger partial charge on any atom is -0.399 e. The van der Waals surface area contributed by atoms with Gasteiger partial charge in [0.15, 0.2) is 0 Å². The third-order valence-electron chi connectivity index (χ3n) is 2.47. The number of fused-ring (bicyclic) bond motifs is 1. The minimum absolute atomic E-state index is 0.415. The van der Waals surface area contributed by atoms with Crippen LogP contribution >= 0.6 is 0 Å². The van der Waals surface area contributed by atoms with Crippen molar-refractivity contribution in [1.82, 2.24) is 0 Å². The smallest absolute Gasteiger partial charge is 0.399 e. The molecule has 0 spiro atoms. The summed E-state index contributed by atoms with van der Waals surface area (Å²) >= 11 is 0. The van der Waals surface area contributed by atoms with Gasteiger partial charge in [0.2, 0.25) is 0 Å². The van der Waals surface area contributed by atoms with Crippen molar-refractivity contribution in [2.45, 2.75) is 12.6 Å². The Morgan fingerprint density at radius 2 is 2.07 bits per heavy atom. The highest BCUT2D eigenvalue weighted by Gasteiger charge is 2.33. The molecule has 1 aliphatic heterocycles. The largest absolute Gasteiger partial charge is 0.405 e. The van der Waals surface area contributed by atoms with Gasteiger partial charge in [-0.1, -0.05) is 0 Å². The number of benzene rings is 1. The van der Waals surface area contributed by atoms with E-state index >= 15 is 0 Å². The topological polar surface area (TPSA) is 29.3 Å². The molecule has 0 saturated carbocycles. The third kappa shape index (κ3) is 2.16. The number of rotatable bonds is 1. The lowest BCUT2D eigenvalue weighted by molar-refractivity contribution is -0.119. The van der Waals surface area contributed by atoms with E-state index in [1.165, 1.54) is 4.90 Å². The quantitative estimate of drug-likeness (QED) is 0.729.